The Morgan fingerprint density at radius 3 is 2.33 bits per heavy atom. The van der Waals surface area contributed by atoms with Crippen molar-refractivity contribution in [2.75, 3.05) is 17.2 Å². The Bertz CT molecular complexity index is 396. The molecule has 18 heavy (non-hydrogen) atoms. The highest BCUT2D eigenvalue weighted by Crippen LogP contribution is 2.30. The summed E-state index contributed by atoms with van der Waals surface area (Å²) in [5, 5.41) is 7.56. The van der Waals surface area contributed by atoms with Gasteiger partial charge in [-0.1, -0.05) is 43.5 Å². The average Bonchev–Trinajstić information content (AvgIpc) is 2.34. The maximum atomic E-state index is 6.16. The quantitative estimate of drug-likeness (QED) is 0.799. The third-order valence-electron chi connectivity index (χ3n) is 3.14. The van der Waals surface area contributed by atoms with Gasteiger partial charge in [0.25, 0.3) is 0 Å². The second-order valence-electron chi connectivity index (χ2n) is 4.50. The van der Waals surface area contributed by atoms with Crippen LogP contribution in [0.1, 0.15) is 34.1 Å². The molecule has 0 aromatic carbocycles. The lowest BCUT2D eigenvalue weighted by atomic mass is 10.0. The zero-order valence-corrected chi connectivity index (χ0v) is 12.9. The summed E-state index contributed by atoms with van der Waals surface area (Å²) in [6, 6.07) is 2.04. The Hall–Kier alpha value is -0.670. The van der Waals surface area contributed by atoms with E-state index in [1.807, 2.05) is 6.92 Å². The Balaban J connectivity index is 2.91. The molecular formula is C13H21Cl2N3. The molecule has 1 heterocycles. The number of anilines is 2. The summed E-state index contributed by atoms with van der Waals surface area (Å²) in [4.78, 5) is 4.43. The molecule has 0 aliphatic carbocycles. The summed E-state index contributed by atoms with van der Waals surface area (Å²) in [5.41, 5.74) is 0. The fraction of sp³-hybridized carbons (Fsp3) is 0.615. The highest BCUT2D eigenvalue weighted by molar-refractivity contribution is 6.37. The van der Waals surface area contributed by atoms with Crippen molar-refractivity contribution < 1.29 is 0 Å². The van der Waals surface area contributed by atoms with Crippen LogP contribution in [-0.4, -0.2) is 17.6 Å². The summed E-state index contributed by atoms with van der Waals surface area (Å²) >= 11 is 12.2. The van der Waals surface area contributed by atoms with Gasteiger partial charge in [-0.05, 0) is 25.8 Å². The molecule has 0 amide bonds. The highest BCUT2D eigenvalue weighted by Gasteiger charge is 2.14. The Labute approximate surface area is 119 Å². The number of halogens is 2. The summed E-state index contributed by atoms with van der Waals surface area (Å²) in [7, 11) is 0. The Kier molecular flexibility index (Phi) is 6.03. The first-order valence-electron chi connectivity index (χ1n) is 6.36. The van der Waals surface area contributed by atoms with E-state index in [9.17, 15) is 0 Å². The van der Waals surface area contributed by atoms with Crippen molar-refractivity contribution in [2.24, 2.45) is 5.92 Å². The molecule has 1 aromatic rings. The lowest BCUT2D eigenvalue weighted by molar-refractivity contribution is 0.493. The molecular weight excluding hydrogens is 269 g/mol. The summed E-state index contributed by atoms with van der Waals surface area (Å²) < 4.78 is 0. The van der Waals surface area contributed by atoms with E-state index in [1.165, 1.54) is 0 Å². The second kappa shape index (κ2) is 7.05. The molecule has 1 rings (SSSR count). The molecule has 5 heteroatoms. The van der Waals surface area contributed by atoms with Crippen LogP contribution in [0.25, 0.3) is 0 Å². The number of hydrogen-bond donors (Lipinski definition) is 2. The molecule has 0 saturated heterocycles. The van der Waals surface area contributed by atoms with Crippen molar-refractivity contribution in [3.05, 3.63) is 16.1 Å². The molecule has 2 atom stereocenters. The van der Waals surface area contributed by atoms with Crippen LogP contribution in [0, 0.1) is 5.92 Å². The maximum Gasteiger partial charge on any atom is 0.147 e. The molecule has 0 spiro atoms. The van der Waals surface area contributed by atoms with E-state index in [-0.39, 0.29) is 0 Å². The lowest BCUT2D eigenvalue weighted by Gasteiger charge is -2.21. The topological polar surface area (TPSA) is 37.0 Å². The summed E-state index contributed by atoms with van der Waals surface area (Å²) in [6.07, 6.45) is 1.11. The van der Waals surface area contributed by atoms with E-state index < -0.39 is 0 Å². The van der Waals surface area contributed by atoms with Crippen molar-refractivity contribution >= 4 is 34.8 Å². The van der Waals surface area contributed by atoms with Crippen molar-refractivity contribution in [3.63, 3.8) is 0 Å². The lowest BCUT2D eigenvalue weighted by Crippen LogP contribution is -2.24. The van der Waals surface area contributed by atoms with Gasteiger partial charge in [0.1, 0.15) is 11.6 Å². The monoisotopic (exact) mass is 289 g/mol. The number of hydrogen-bond acceptors (Lipinski definition) is 3. The fourth-order valence-corrected chi connectivity index (χ4v) is 2.05. The molecule has 3 nitrogen and oxygen atoms in total. The molecule has 0 fully saturated rings. The molecule has 0 saturated carbocycles. The predicted molar refractivity (Wildman–Crippen MR) is 81.0 cm³/mol. The third kappa shape index (κ3) is 3.92. The van der Waals surface area contributed by atoms with Gasteiger partial charge in [-0.3, -0.25) is 0 Å². The van der Waals surface area contributed by atoms with Crippen molar-refractivity contribution in [1.82, 2.24) is 4.98 Å². The fourth-order valence-electron chi connectivity index (χ4n) is 1.57. The molecule has 2 N–H and O–H groups in total. The third-order valence-corrected chi connectivity index (χ3v) is 3.71. The standard InChI is InChI=1S/C13H21Cl2N3/c1-5-8(3)9(4)17-13-11(15)7-10(14)12(18-13)16-6-2/h7-9H,5-6H2,1-4H3,(H2,16,17,18). The van der Waals surface area contributed by atoms with Gasteiger partial charge in [0.05, 0.1) is 10.0 Å². The van der Waals surface area contributed by atoms with E-state index >= 15 is 0 Å². The molecule has 2 unspecified atom stereocenters. The number of nitrogens with zero attached hydrogens (tertiary/aromatic N) is 1. The van der Waals surface area contributed by atoms with Crippen LogP contribution in [-0.2, 0) is 0 Å². The first-order chi connectivity index (χ1) is 8.49. The minimum Gasteiger partial charge on any atom is -0.369 e. The van der Waals surface area contributed by atoms with Gasteiger partial charge in [-0.15, -0.1) is 0 Å². The van der Waals surface area contributed by atoms with Crippen LogP contribution < -0.4 is 10.6 Å². The van der Waals surface area contributed by atoms with Crippen LogP contribution in [0.15, 0.2) is 6.07 Å². The minimum atomic E-state index is 0.315. The SMILES string of the molecule is CCNc1nc(NC(C)C(C)CC)c(Cl)cc1Cl. The van der Waals surface area contributed by atoms with E-state index in [2.05, 4.69) is 36.4 Å². The maximum absolute atomic E-state index is 6.16. The smallest absolute Gasteiger partial charge is 0.147 e. The number of pyridine rings is 1. The van der Waals surface area contributed by atoms with Gasteiger partial charge in [0.2, 0.25) is 0 Å². The van der Waals surface area contributed by atoms with Gasteiger partial charge in [-0.25, -0.2) is 4.98 Å². The zero-order chi connectivity index (χ0) is 13.7. The predicted octanol–water partition coefficient (Wildman–Crippen LogP) is 4.67. The number of rotatable bonds is 6. The van der Waals surface area contributed by atoms with E-state index in [1.54, 1.807) is 6.07 Å². The van der Waals surface area contributed by atoms with E-state index in [0.717, 1.165) is 13.0 Å². The van der Waals surface area contributed by atoms with Crippen molar-refractivity contribution in [3.8, 4) is 0 Å². The van der Waals surface area contributed by atoms with Gasteiger partial charge < -0.3 is 10.6 Å². The van der Waals surface area contributed by atoms with Crippen molar-refractivity contribution in [2.45, 2.75) is 40.2 Å². The average molecular weight is 290 g/mol. The largest absolute Gasteiger partial charge is 0.369 e. The molecule has 0 aliphatic rings. The number of aromatic nitrogens is 1. The Morgan fingerprint density at radius 2 is 1.78 bits per heavy atom. The second-order valence-corrected chi connectivity index (χ2v) is 5.31. The highest BCUT2D eigenvalue weighted by atomic mass is 35.5. The molecule has 0 radical (unpaired) electrons. The van der Waals surface area contributed by atoms with Gasteiger partial charge in [-0.2, -0.15) is 0 Å². The van der Waals surface area contributed by atoms with E-state index in [0.29, 0.717) is 33.6 Å². The normalized spacial score (nSPS) is 14.1. The van der Waals surface area contributed by atoms with Gasteiger partial charge in [0, 0.05) is 12.6 Å². The van der Waals surface area contributed by atoms with Crippen molar-refractivity contribution in [1.29, 1.82) is 0 Å². The molecule has 0 bridgehead atoms. The Morgan fingerprint density at radius 1 is 1.17 bits per heavy atom. The van der Waals surface area contributed by atoms with Crippen LogP contribution in [0.2, 0.25) is 10.0 Å². The summed E-state index contributed by atoms with van der Waals surface area (Å²) in [6.45, 7) is 9.28. The van der Waals surface area contributed by atoms with Crippen LogP contribution in [0.4, 0.5) is 11.6 Å². The number of nitrogens with one attached hydrogen (secondary N) is 2. The summed E-state index contributed by atoms with van der Waals surface area (Å²) in [5.74, 6) is 1.91. The van der Waals surface area contributed by atoms with Gasteiger partial charge >= 0.3 is 0 Å². The first-order valence-corrected chi connectivity index (χ1v) is 7.11. The first kappa shape index (κ1) is 15.4. The van der Waals surface area contributed by atoms with Crippen LogP contribution in [0.5, 0.6) is 0 Å². The zero-order valence-electron chi connectivity index (χ0n) is 11.3. The van der Waals surface area contributed by atoms with Crippen LogP contribution >= 0.6 is 23.2 Å². The van der Waals surface area contributed by atoms with Gasteiger partial charge in [0.15, 0.2) is 0 Å². The molecule has 0 aliphatic heterocycles. The molecule has 102 valence electrons. The van der Waals surface area contributed by atoms with E-state index in [4.69, 9.17) is 23.2 Å². The minimum absolute atomic E-state index is 0.315. The molecule has 1 aromatic heterocycles. The van der Waals surface area contributed by atoms with Crippen LogP contribution in [0.3, 0.4) is 0 Å².